The van der Waals surface area contributed by atoms with Crippen LogP contribution in [0, 0.1) is 0 Å². The lowest BCUT2D eigenvalue weighted by molar-refractivity contribution is -0.137. The molecule has 0 fully saturated rings. The van der Waals surface area contributed by atoms with Gasteiger partial charge in [-0.3, -0.25) is 4.79 Å². The van der Waals surface area contributed by atoms with E-state index < -0.39 is 17.6 Å². The molecule has 2 nitrogen and oxygen atoms in total. The van der Waals surface area contributed by atoms with Crippen LogP contribution in [-0.4, -0.2) is 5.91 Å². The van der Waals surface area contributed by atoms with Crippen LogP contribution >= 0.6 is 27.5 Å². The molecule has 2 aromatic rings. The summed E-state index contributed by atoms with van der Waals surface area (Å²) in [5.41, 5.74) is -0.649. The molecule has 110 valence electrons. The lowest BCUT2D eigenvalue weighted by Crippen LogP contribution is -2.13. The first-order chi connectivity index (χ1) is 9.77. The van der Waals surface area contributed by atoms with Crippen LogP contribution in [0.15, 0.2) is 46.9 Å². The first kappa shape index (κ1) is 15.9. The van der Waals surface area contributed by atoms with E-state index >= 15 is 0 Å². The predicted octanol–water partition coefficient (Wildman–Crippen LogP) is 5.37. The highest BCUT2D eigenvalue weighted by Gasteiger charge is 2.31. The van der Waals surface area contributed by atoms with Crippen molar-refractivity contribution in [1.29, 1.82) is 0 Å². The van der Waals surface area contributed by atoms with Crippen LogP contribution in [0.2, 0.25) is 5.02 Å². The van der Waals surface area contributed by atoms with E-state index in [2.05, 4.69) is 21.2 Å². The van der Waals surface area contributed by atoms with Gasteiger partial charge in [0.2, 0.25) is 0 Å². The summed E-state index contributed by atoms with van der Waals surface area (Å²) in [5.74, 6) is -0.538. The summed E-state index contributed by atoms with van der Waals surface area (Å²) in [6, 6.07) is 9.16. The number of carbonyl (C=O) groups is 1. The molecule has 0 spiro atoms. The Labute approximate surface area is 132 Å². The fourth-order valence-corrected chi connectivity index (χ4v) is 2.02. The maximum atomic E-state index is 12.6. The number of nitrogens with one attached hydrogen (secondary N) is 1. The van der Waals surface area contributed by atoms with Crippen molar-refractivity contribution in [2.24, 2.45) is 0 Å². The molecule has 0 aromatic heterocycles. The van der Waals surface area contributed by atoms with Crippen molar-refractivity contribution in [2.45, 2.75) is 6.18 Å². The van der Waals surface area contributed by atoms with Gasteiger partial charge in [0.05, 0.1) is 16.3 Å². The van der Waals surface area contributed by atoms with Gasteiger partial charge < -0.3 is 5.32 Å². The summed E-state index contributed by atoms with van der Waals surface area (Å²) in [6.07, 6.45) is -4.50. The number of hydrogen-bond donors (Lipinski definition) is 1. The molecule has 0 heterocycles. The average Bonchev–Trinajstić information content (AvgIpc) is 2.40. The molecular weight excluding hydrogens is 371 g/mol. The van der Waals surface area contributed by atoms with Gasteiger partial charge in [0, 0.05) is 10.0 Å². The van der Waals surface area contributed by atoms with Crippen molar-refractivity contribution in [1.82, 2.24) is 0 Å². The van der Waals surface area contributed by atoms with Crippen LogP contribution in [0.4, 0.5) is 18.9 Å². The van der Waals surface area contributed by atoms with Gasteiger partial charge in [0.15, 0.2) is 0 Å². The van der Waals surface area contributed by atoms with Crippen LogP contribution in [0.25, 0.3) is 0 Å². The Kier molecular flexibility index (Phi) is 4.58. The third-order valence-electron chi connectivity index (χ3n) is 2.65. The van der Waals surface area contributed by atoms with Crippen LogP contribution < -0.4 is 5.32 Å². The van der Waals surface area contributed by atoms with Gasteiger partial charge in [-0.15, -0.1) is 0 Å². The molecule has 0 radical (unpaired) electrons. The van der Waals surface area contributed by atoms with Gasteiger partial charge in [0.1, 0.15) is 0 Å². The molecule has 1 N–H and O–H groups in total. The molecule has 0 unspecified atom stereocenters. The van der Waals surface area contributed by atoms with E-state index in [1.807, 2.05) is 0 Å². The third kappa shape index (κ3) is 3.98. The van der Waals surface area contributed by atoms with Gasteiger partial charge in [-0.2, -0.15) is 13.2 Å². The fraction of sp³-hybridized carbons (Fsp3) is 0.0714. The fourth-order valence-electron chi connectivity index (χ4n) is 1.59. The maximum absolute atomic E-state index is 12.6. The number of alkyl halides is 3. The minimum absolute atomic E-state index is 0.0356. The smallest absolute Gasteiger partial charge is 0.321 e. The summed E-state index contributed by atoms with van der Waals surface area (Å²) in [7, 11) is 0. The van der Waals surface area contributed by atoms with Crippen molar-refractivity contribution < 1.29 is 18.0 Å². The van der Waals surface area contributed by atoms with E-state index in [0.717, 1.165) is 22.7 Å². The summed E-state index contributed by atoms with van der Waals surface area (Å²) in [4.78, 5) is 12.0. The van der Waals surface area contributed by atoms with Crippen LogP contribution in [0.3, 0.4) is 0 Å². The zero-order valence-electron chi connectivity index (χ0n) is 10.3. The molecule has 0 aliphatic rings. The average molecular weight is 379 g/mol. The Morgan fingerprint density at radius 1 is 1.10 bits per heavy atom. The minimum Gasteiger partial charge on any atom is -0.321 e. The van der Waals surface area contributed by atoms with Crippen molar-refractivity contribution in [3.63, 3.8) is 0 Å². The van der Waals surface area contributed by atoms with Crippen molar-refractivity contribution in [3.05, 3.63) is 63.1 Å². The lowest BCUT2D eigenvalue weighted by Gasteiger charge is -2.11. The number of amides is 1. The van der Waals surface area contributed by atoms with E-state index in [-0.39, 0.29) is 10.7 Å². The quantitative estimate of drug-likeness (QED) is 0.747. The van der Waals surface area contributed by atoms with Gasteiger partial charge in [-0.1, -0.05) is 27.5 Å². The highest BCUT2D eigenvalue weighted by molar-refractivity contribution is 9.10. The monoisotopic (exact) mass is 377 g/mol. The SMILES string of the molecule is O=C(Nc1cc(C(F)(F)F)ccc1Cl)c1ccc(Br)cc1. The molecule has 0 saturated heterocycles. The second kappa shape index (κ2) is 6.07. The molecule has 1 amide bonds. The summed E-state index contributed by atoms with van der Waals surface area (Å²) in [6.45, 7) is 0. The Hall–Kier alpha value is -1.53. The number of benzene rings is 2. The largest absolute Gasteiger partial charge is 0.416 e. The van der Waals surface area contributed by atoms with Crippen LogP contribution in [0.5, 0.6) is 0 Å². The number of anilines is 1. The van der Waals surface area contributed by atoms with Crippen LogP contribution in [0.1, 0.15) is 15.9 Å². The molecule has 21 heavy (non-hydrogen) atoms. The van der Waals surface area contributed by atoms with Crippen molar-refractivity contribution in [2.75, 3.05) is 5.32 Å². The highest BCUT2D eigenvalue weighted by atomic mass is 79.9. The number of hydrogen-bond acceptors (Lipinski definition) is 1. The molecule has 0 aliphatic heterocycles. The Balaban J connectivity index is 2.26. The summed E-state index contributed by atoms with van der Waals surface area (Å²) < 4.78 is 38.7. The van der Waals surface area contributed by atoms with E-state index in [1.165, 1.54) is 0 Å². The highest BCUT2D eigenvalue weighted by Crippen LogP contribution is 2.34. The van der Waals surface area contributed by atoms with Crippen molar-refractivity contribution in [3.8, 4) is 0 Å². The molecule has 2 rings (SSSR count). The Morgan fingerprint density at radius 2 is 1.71 bits per heavy atom. The predicted molar refractivity (Wildman–Crippen MR) is 78.5 cm³/mol. The normalized spacial score (nSPS) is 11.3. The first-order valence-electron chi connectivity index (χ1n) is 5.71. The summed E-state index contributed by atoms with van der Waals surface area (Å²) >= 11 is 9.04. The molecule has 7 heteroatoms. The molecule has 2 aromatic carbocycles. The Morgan fingerprint density at radius 3 is 2.29 bits per heavy atom. The van der Waals surface area contributed by atoms with E-state index in [4.69, 9.17) is 11.6 Å². The molecule has 0 saturated carbocycles. The minimum atomic E-state index is -4.50. The second-order valence-electron chi connectivity index (χ2n) is 4.15. The van der Waals surface area contributed by atoms with E-state index in [9.17, 15) is 18.0 Å². The topological polar surface area (TPSA) is 29.1 Å². The molecular formula is C14H8BrClF3NO. The molecule has 0 atom stereocenters. The van der Waals surface area contributed by atoms with E-state index in [0.29, 0.717) is 5.56 Å². The first-order valence-corrected chi connectivity index (χ1v) is 6.88. The van der Waals surface area contributed by atoms with Gasteiger partial charge in [0.25, 0.3) is 5.91 Å². The Bertz CT molecular complexity index is 671. The van der Waals surface area contributed by atoms with Crippen LogP contribution in [-0.2, 0) is 6.18 Å². The molecule has 0 aliphatic carbocycles. The number of halogens is 5. The lowest BCUT2D eigenvalue weighted by atomic mass is 10.1. The zero-order valence-corrected chi connectivity index (χ0v) is 12.7. The van der Waals surface area contributed by atoms with Crippen molar-refractivity contribution >= 4 is 39.1 Å². The second-order valence-corrected chi connectivity index (χ2v) is 5.48. The zero-order chi connectivity index (χ0) is 15.6. The maximum Gasteiger partial charge on any atom is 0.416 e. The van der Waals surface area contributed by atoms with E-state index in [1.54, 1.807) is 24.3 Å². The van der Waals surface area contributed by atoms with Gasteiger partial charge in [-0.25, -0.2) is 0 Å². The molecule has 0 bridgehead atoms. The van der Waals surface area contributed by atoms with Gasteiger partial charge in [-0.05, 0) is 42.5 Å². The third-order valence-corrected chi connectivity index (χ3v) is 3.51. The summed E-state index contributed by atoms with van der Waals surface area (Å²) in [5, 5.41) is 2.41. The van der Waals surface area contributed by atoms with Gasteiger partial charge >= 0.3 is 6.18 Å². The number of carbonyl (C=O) groups excluding carboxylic acids is 1. The standard InChI is InChI=1S/C14H8BrClF3NO/c15-10-4-1-8(2-5-10)13(21)20-12-7-9(14(17,18)19)3-6-11(12)16/h1-7H,(H,20,21). The number of rotatable bonds is 2.